The third-order valence-electron chi connectivity index (χ3n) is 7.72. The average Bonchev–Trinajstić information content (AvgIpc) is 3.63. The molecule has 1 aliphatic carbocycles. The molecule has 4 rings (SSSR count). The molecule has 0 spiro atoms. The van der Waals surface area contributed by atoms with E-state index in [1.54, 1.807) is 0 Å². The van der Waals surface area contributed by atoms with Crippen LogP contribution in [0.25, 0.3) is 0 Å². The normalized spacial score (nSPS) is 19.1. The fourth-order valence-corrected chi connectivity index (χ4v) is 5.42. The van der Waals surface area contributed by atoms with Gasteiger partial charge in [0, 0.05) is 31.4 Å². The summed E-state index contributed by atoms with van der Waals surface area (Å²) in [6.07, 6.45) is -0.271. The number of nitro benzene ring substituents is 1. The topological polar surface area (TPSA) is 202 Å². The van der Waals surface area contributed by atoms with Gasteiger partial charge >= 0.3 is 5.69 Å². The third-order valence-corrected chi connectivity index (χ3v) is 7.72. The van der Waals surface area contributed by atoms with Gasteiger partial charge in [-0.3, -0.25) is 29.3 Å². The Morgan fingerprint density at radius 2 is 1.76 bits per heavy atom. The van der Waals surface area contributed by atoms with Crippen LogP contribution in [0.1, 0.15) is 42.4 Å². The number of nitrogens with one attached hydrogen (secondary N) is 1. The number of nitrogens with two attached hydrogens (primary N) is 1. The number of carbonyl (C=O) groups is 4. The minimum Gasteiger partial charge on any atom is -0.502 e. The Labute approximate surface area is 236 Å². The number of Topliss-reactive ketones (excluding diaryl/α,β-unsaturated/α-hetero) is 2. The monoisotopic (exact) mass is 567 g/mol. The maximum Gasteiger partial charge on any atom is 0.310 e. The van der Waals surface area contributed by atoms with Gasteiger partial charge in [-0.2, -0.15) is 0 Å². The molecule has 2 amide bonds. The summed E-state index contributed by atoms with van der Waals surface area (Å²) in [5.41, 5.74) is 7.63. The van der Waals surface area contributed by atoms with E-state index in [9.17, 15) is 34.4 Å². The molecule has 1 unspecified atom stereocenters. The van der Waals surface area contributed by atoms with E-state index in [0.29, 0.717) is 31.2 Å². The number of ketones is 2. The van der Waals surface area contributed by atoms with Gasteiger partial charge in [0.1, 0.15) is 0 Å². The van der Waals surface area contributed by atoms with Crippen LogP contribution in [-0.2, 0) is 43.2 Å². The Morgan fingerprint density at radius 3 is 2.37 bits per heavy atom. The van der Waals surface area contributed by atoms with Gasteiger partial charge in [-0.25, -0.2) is 0 Å². The van der Waals surface area contributed by atoms with Crippen LogP contribution in [0.2, 0.25) is 0 Å². The van der Waals surface area contributed by atoms with Crippen LogP contribution in [0.4, 0.5) is 5.69 Å². The van der Waals surface area contributed by atoms with E-state index in [4.69, 9.17) is 15.6 Å². The molecule has 1 fully saturated rings. The maximum absolute atomic E-state index is 13.6. The molecule has 1 heterocycles. The lowest BCUT2D eigenvalue weighted by molar-refractivity contribution is -0.385. The maximum atomic E-state index is 13.6. The summed E-state index contributed by atoms with van der Waals surface area (Å²) in [7, 11) is 0. The number of carbonyl (C=O) groups excluding carboxylic acids is 4. The SMILES string of the molecule is NC(=O)[C@H](CC(=O)[C@@H](Cc1ccc(O)c([N+](=O)[O-])c1)NC(=O)C1O[C@@H]1C(=O)CCCCO)C1Cc2ccccc2C1. The second kappa shape index (κ2) is 13.0. The van der Waals surface area contributed by atoms with E-state index < -0.39 is 58.1 Å². The number of benzene rings is 2. The second-order valence-corrected chi connectivity index (χ2v) is 10.6. The number of primary amides is 1. The van der Waals surface area contributed by atoms with E-state index in [1.807, 2.05) is 24.3 Å². The van der Waals surface area contributed by atoms with Gasteiger partial charge in [-0.1, -0.05) is 30.3 Å². The first-order chi connectivity index (χ1) is 19.6. The first-order valence-electron chi connectivity index (χ1n) is 13.5. The lowest BCUT2D eigenvalue weighted by atomic mass is 9.83. The molecule has 0 saturated carbocycles. The van der Waals surface area contributed by atoms with Gasteiger partial charge in [0.2, 0.25) is 5.91 Å². The molecule has 0 aromatic heterocycles. The highest BCUT2D eigenvalue weighted by atomic mass is 16.6. The van der Waals surface area contributed by atoms with Crippen molar-refractivity contribution < 1.29 is 39.1 Å². The minimum absolute atomic E-state index is 0.0544. The number of nitro groups is 1. The van der Waals surface area contributed by atoms with E-state index in [2.05, 4.69) is 5.32 Å². The highest BCUT2D eigenvalue weighted by Crippen LogP contribution is 2.34. The van der Waals surface area contributed by atoms with E-state index in [-0.39, 0.29) is 37.6 Å². The number of epoxide rings is 1. The van der Waals surface area contributed by atoms with E-state index in [0.717, 1.165) is 23.3 Å². The van der Waals surface area contributed by atoms with Crippen LogP contribution in [0.15, 0.2) is 42.5 Å². The number of fused-ring (bicyclic) bond motifs is 1. The van der Waals surface area contributed by atoms with Gasteiger partial charge in [0.25, 0.3) is 5.91 Å². The van der Waals surface area contributed by atoms with Crippen molar-refractivity contribution in [2.75, 3.05) is 6.61 Å². The van der Waals surface area contributed by atoms with Gasteiger partial charge < -0.3 is 26.0 Å². The number of rotatable bonds is 15. The summed E-state index contributed by atoms with van der Waals surface area (Å²) < 4.78 is 5.27. The van der Waals surface area contributed by atoms with Crippen LogP contribution >= 0.6 is 0 Å². The number of unbranched alkanes of at least 4 members (excludes halogenated alkanes) is 1. The average molecular weight is 568 g/mol. The molecule has 218 valence electrons. The number of aromatic hydroxyl groups is 1. The molecule has 1 saturated heterocycles. The molecule has 2 aromatic rings. The lowest BCUT2D eigenvalue weighted by Crippen LogP contribution is -2.46. The Bertz CT molecular complexity index is 1320. The summed E-state index contributed by atoms with van der Waals surface area (Å²) >= 11 is 0. The zero-order chi connectivity index (χ0) is 29.7. The van der Waals surface area contributed by atoms with Gasteiger partial charge in [-0.15, -0.1) is 0 Å². The summed E-state index contributed by atoms with van der Waals surface area (Å²) in [5.74, 6) is -3.67. The number of phenols is 1. The first kappa shape index (κ1) is 29.8. The Morgan fingerprint density at radius 1 is 1.07 bits per heavy atom. The predicted octanol–water partition coefficient (Wildman–Crippen LogP) is 1.30. The molecule has 5 N–H and O–H groups in total. The standard InChI is InChI=1S/C29H33N3O9/c30-28(37)20(19-13-17-5-1-2-6-18(17)14-19)15-25(36)21(11-16-8-9-23(34)22(12-16)32(39)40)31-29(38)27-26(41-27)24(35)7-3-4-10-33/h1-2,5-6,8-9,12,19-21,26-27,33-34H,3-4,7,10-11,13-15H2,(H2,30,37)(H,31,38)/t20-,21-,26-,27?/m1/s1. The molecule has 41 heavy (non-hydrogen) atoms. The van der Waals surface area contributed by atoms with Crippen molar-refractivity contribution in [1.29, 1.82) is 0 Å². The van der Waals surface area contributed by atoms with Crippen LogP contribution in [0.5, 0.6) is 5.75 Å². The summed E-state index contributed by atoms with van der Waals surface area (Å²) in [5, 5.41) is 32.6. The molecule has 4 atom stereocenters. The summed E-state index contributed by atoms with van der Waals surface area (Å²) in [4.78, 5) is 61.9. The van der Waals surface area contributed by atoms with Gasteiger partial charge in [0.15, 0.2) is 29.5 Å². The number of aliphatic hydroxyl groups is 1. The van der Waals surface area contributed by atoms with Crippen LogP contribution in [0, 0.1) is 22.0 Å². The first-order valence-corrected chi connectivity index (χ1v) is 13.5. The smallest absolute Gasteiger partial charge is 0.310 e. The largest absolute Gasteiger partial charge is 0.502 e. The zero-order valence-corrected chi connectivity index (χ0v) is 22.4. The Balaban J connectivity index is 1.50. The van der Waals surface area contributed by atoms with Crippen molar-refractivity contribution in [2.24, 2.45) is 17.6 Å². The fourth-order valence-electron chi connectivity index (χ4n) is 5.42. The highest BCUT2D eigenvalue weighted by molar-refractivity contribution is 5.98. The third kappa shape index (κ3) is 7.33. The van der Waals surface area contributed by atoms with Crippen LogP contribution < -0.4 is 11.1 Å². The molecule has 0 bridgehead atoms. The quantitative estimate of drug-likeness (QED) is 0.106. The van der Waals surface area contributed by atoms with Gasteiger partial charge in [-0.05, 0) is 60.8 Å². The summed E-state index contributed by atoms with van der Waals surface area (Å²) in [6, 6.07) is 10.2. The van der Waals surface area contributed by atoms with Crippen molar-refractivity contribution in [3.8, 4) is 5.75 Å². The van der Waals surface area contributed by atoms with Crippen molar-refractivity contribution in [2.45, 2.75) is 63.2 Å². The Hall–Kier alpha value is -4.16. The number of amides is 2. The molecule has 12 nitrogen and oxygen atoms in total. The summed E-state index contributed by atoms with van der Waals surface area (Å²) in [6.45, 7) is -0.0544. The molecule has 12 heteroatoms. The molecule has 0 radical (unpaired) electrons. The van der Waals surface area contributed by atoms with E-state index >= 15 is 0 Å². The number of hydrogen-bond donors (Lipinski definition) is 4. The molecule has 1 aliphatic heterocycles. The number of aliphatic hydroxyl groups excluding tert-OH is 1. The minimum atomic E-state index is -1.20. The zero-order valence-electron chi connectivity index (χ0n) is 22.4. The van der Waals surface area contributed by atoms with Crippen molar-refractivity contribution in [3.63, 3.8) is 0 Å². The molecule has 2 aromatic carbocycles. The van der Waals surface area contributed by atoms with Crippen molar-refractivity contribution in [1.82, 2.24) is 5.32 Å². The Kier molecular flexibility index (Phi) is 9.46. The molecular formula is C29H33N3O9. The molecular weight excluding hydrogens is 534 g/mol. The van der Waals surface area contributed by atoms with Crippen molar-refractivity contribution in [3.05, 3.63) is 69.3 Å². The van der Waals surface area contributed by atoms with E-state index in [1.165, 1.54) is 6.07 Å². The number of nitrogens with zero attached hydrogens (tertiary/aromatic N) is 1. The number of phenolic OH excluding ortho intramolecular Hbond substituents is 1. The lowest BCUT2D eigenvalue weighted by Gasteiger charge is -2.23. The number of ether oxygens (including phenoxy) is 1. The molecule has 2 aliphatic rings. The highest BCUT2D eigenvalue weighted by Gasteiger charge is 2.50. The van der Waals surface area contributed by atoms with Crippen LogP contribution in [0.3, 0.4) is 0 Å². The number of hydrogen-bond acceptors (Lipinski definition) is 9. The predicted molar refractivity (Wildman–Crippen MR) is 145 cm³/mol. The fraction of sp³-hybridized carbons (Fsp3) is 0.448. The van der Waals surface area contributed by atoms with Crippen LogP contribution in [-0.4, -0.2) is 63.4 Å². The second-order valence-electron chi connectivity index (χ2n) is 10.6. The van der Waals surface area contributed by atoms with Crippen molar-refractivity contribution >= 4 is 29.1 Å². The van der Waals surface area contributed by atoms with Gasteiger partial charge in [0.05, 0.1) is 11.0 Å².